The van der Waals surface area contributed by atoms with E-state index in [0.717, 1.165) is 40.7 Å². The lowest BCUT2D eigenvalue weighted by Crippen LogP contribution is -2.41. The van der Waals surface area contributed by atoms with Crippen molar-refractivity contribution >= 4 is 40.8 Å². The fourth-order valence-corrected chi connectivity index (χ4v) is 4.63. The molecule has 0 spiro atoms. The van der Waals surface area contributed by atoms with E-state index in [2.05, 4.69) is 51.6 Å². The molecule has 1 N–H and O–H groups in total. The maximum atomic E-state index is 12.8. The number of anilines is 2. The predicted molar refractivity (Wildman–Crippen MR) is 127 cm³/mol. The molecule has 0 bridgehead atoms. The molecule has 0 aliphatic carbocycles. The number of rotatable bonds is 5. The van der Waals surface area contributed by atoms with Crippen LogP contribution in [0.15, 0.2) is 64.5 Å². The molecular weight excluding hydrogens is 428 g/mol. The summed E-state index contributed by atoms with van der Waals surface area (Å²) in [4.78, 5) is 16.1. The van der Waals surface area contributed by atoms with Gasteiger partial charge in [0.15, 0.2) is 5.82 Å². The van der Waals surface area contributed by atoms with Gasteiger partial charge < -0.3 is 10.2 Å². The molecule has 1 amide bonds. The molecule has 1 aromatic heterocycles. The molecule has 2 aromatic carbocycles. The van der Waals surface area contributed by atoms with Gasteiger partial charge in [0.25, 0.3) is 0 Å². The van der Waals surface area contributed by atoms with Gasteiger partial charge in [-0.1, -0.05) is 47.1 Å². The number of piperidine rings is 1. The molecule has 2 heterocycles. The van der Waals surface area contributed by atoms with Gasteiger partial charge in [-0.2, -0.15) is 0 Å². The molecule has 1 aliphatic heterocycles. The summed E-state index contributed by atoms with van der Waals surface area (Å²) in [7, 11) is 0. The summed E-state index contributed by atoms with van der Waals surface area (Å²) in [5.41, 5.74) is 2.96. The van der Waals surface area contributed by atoms with Gasteiger partial charge in [-0.3, -0.25) is 4.79 Å². The minimum Gasteiger partial charge on any atom is -0.354 e. The van der Waals surface area contributed by atoms with Crippen LogP contribution in [0.25, 0.3) is 0 Å². The molecular formula is C24H25ClN4OS. The fourth-order valence-electron chi connectivity index (χ4n) is 3.62. The molecule has 0 radical (unpaired) electrons. The highest BCUT2D eigenvalue weighted by Gasteiger charge is 2.27. The first kappa shape index (κ1) is 21.7. The van der Waals surface area contributed by atoms with Gasteiger partial charge in [0.05, 0.1) is 16.6 Å². The van der Waals surface area contributed by atoms with E-state index in [4.69, 9.17) is 11.6 Å². The zero-order chi connectivity index (χ0) is 21.8. The van der Waals surface area contributed by atoms with E-state index in [9.17, 15) is 4.79 Å². The van der Waals surface area contributed by atoms with Crippen LogP contribution in [0.3, 0.4) is 0 Å². The van der Waals surface area contributed by atoms with Crippen molar-refractivity contribution in [2.75, 3.05) is 23.3 Å². The third-order valence-electron chi connectivity index (χ3n) is 5.37. The summed E-state index contributed by atoms with van der Waals surface area (Å²) in [6.45, 7) is 5.54. The number of hydrogen-bond donors (Lipinski definition) is 1. The van der Waals surface area contributed by atoms with Crippen LogP contribution in [-0.2, 0) is 4.79 Å². The van der Waals surface area contributed by atoms with E-state index >= 15 is 0 Å². The second-order valence-corrected chi connectivity index (χ2v) is 9.40. The van der Waals surface area contributed by atoms with Gasteiger partial charge in [0.2, 0.25) is 5.91 Å². The lowest BCUT2D eigenvalue weighted by Gasteiger charge is -2.32. The number of nitrogens with one attached hydrogen (secondary N) is 1. The molecule has 31 heavy (non-hydrogen) atoms. The maximum absolute atomic E-state index is 12.8. The van der Waals surface area contributed by atoms with Crippen LogP contribution in [0, 0.1) is 19.8 Å². The minimum atomic E-state index is -0.116. The number of aryl methyl sites for hydroxylation is 2. The van der Waals surface area contributed by atoms with Crippen molar-refractivity contribution < 1.29 is 4.79 Å². The van der Waals surface area contributed by atoms with Crippen molar-refractivity contribution in [2.45, 2.75) is 36.6 Å². The van der Waals surface area contributed by atoms with Gasteiger partial charge in [0.1, 0.15) is 5.03 Å². The zero-order valence-corrected chi connectivity index (χ0v) is 19.2. The molecule has 1 saturated heterocycles. The van der Waals surface area contributed by atoms with Crippen molar-refractivity contribution in [1.82, 2.24) is 10.2 Å². The number of carbonyl (C=O) groups is 1. The van der Waals surface area contributed by atoms with Crippen LogP contribution >= 0.6 is 23.4 Å². The smallest absolute Gasteiger partial charge is 0.229 e. The predicted octanol–water partition coefficient (Wildman–Crippen LogP) is 5.75. The van der Waals surface area contributed by atoms with Gasteiger partial charge in [0, 0.05) is 18.0 Å². The van der Waals surface area contributed by atoms with Gasteiger partial charge >= 0.3 is 0 Å². The molecule has 4 rings (SSSR count). The van der Waals surface area contributed by atoms with E-state index in [1.54, 1.807) is 11.8 Å². The van der Waals surface area contributed by atoms with Crippen LogP contribution in [-0.4, -0.2) is 29.2 Å². The Balaban J connectivity index is 1.38. The van der Waals surface area contributed by atoms with Crippen molar-refractivity contribution in [3.8, 4) is 0 Å². The number of amides is 1. The monoisotopic (exact) mass is 452 g/mol. The number of benzene rings is 2. The highest BCUT2D eigenvalue weighted by molar-refractivity contribution is 7.99. The molecule has 3 aromatic rings. The lowest BCUT2D eigenvalue weighted by atomic mass is 9.97. The highest BCUT2D eigenvalue weighted by atomic mass is 35.5. The normalized spacial score (nSPS) is 16.2. The minimum absolute atomic E-state index is 0.00467. The second kappa shape index (κ2) is 9.71. The number of aromatic nitrogens is 2. The summed E-state index contributed by atoms with van der Waals surface area (Å²) in [6.07, 6.45) is 1.78. The van der Waals surface area contributed by atoms with E-state index in [1.807, 2.05) is 37.3 Å². The first-order valence-corrected chi connectivity index (χ1v) is 11.6. The van der Waals surface area contributed by atoms with Crippen LogP contribution in [0.4, 0.5) is 11.5 Å². The number of nitrogens with zero attached hydrogens (tertiary/aromatic N) is 3. The summed E-state index contributed by atoms with van der Waals surface area (Å²) in [5, 5.41) is 13.2. The van der Waals surface area contributed by atoms with Crippen molar-refractivity contribution in [1.29, 1.82) is 0 Å². The van der Waals surface area contributed by atoms with Crippen LogP contribution in [0.1, 0.15) is 24.0 Å². The first-order chi connectivity index (χ1) is 15.0. The van der Waals surface area contributed by atoms with E-state index in [0.29, 0.717) is 17.3 Å². The highest BCUT2D eigenvalue weighted by Crippen LogP contribution is 2.29. The largest absolute Gasteiger partial charge is 0.354 e. The first-order valence-electron chi connectivity index (χ1n) is 10.4. The third-order valence-corrected chi connectivity index (χ3v) is 6.62. The topological polar surface area (TPSA) is 58.1 Å². The molecule has 0 saturated carbocycles. The van der Waals surface area contributed by atoms with E-state index in [-0.39, 0.29) is 11.8 Å². The van der Waals surface area contributed by atoms with Crippen molar-refractivity contribution in [3.05, 3.63) is 70.7 Å². The van der Waals surface area contributed by atoms with E-state index < -0.39 is 0 Å². The Morgan fingerprint density at radius 2 is 1.84 bits per heavy atom. The summed E-state index contributed by atoms with van der Waals surface area (Å²) in [6, 6.07) is 18.0. The molecule has 5 nitrogen and oxygen atoms in total. The van der Waals surface area contributed by atoms with E-state index in [1.165, 1.54) is 5.56 Å². The average molecular weight is 453 g/mol. The van der Waals surface area contributed by atoms with Gasteiger partial charge in [-0.15, -0.1) is 10.2 Å². The second-order valence-electron chi connectivity index (χ2n) is 7.90. The standard InChI is InChI=1S/C24H25ClN4OS/c1-16-5-8-19(9-6-16)31-23-12-11-22(27-28-23)29-13-3-4-18(15-29)24(30)26-21-10-7-17(2)14-20(21)25/h5-12,14,18H,3-4,13,15H2,1-2H3,(H,26,30)/t18-/m0/s1. The molecule has 160 valence electrons. The summed E-state index contributed by atoms with van der Waals surface area (Å²) < 4.78 is 0. The SMILES string of the molecule is Cc1ccc(Sc2ccc(N3CCC[C@H](C(=O)Nc4ccc(C)cc4Cl)C3)nn2)cc1. The Bertz CT molecular complexity index is 1060. The molecule has 0 unspecified atom stereocenters. The molecule has 1 aliphatic rings. The van der Waals surface area contributed by atoms with Gasteiger partial charge in [-0.25, -0.2) is 0 Å². The molecule has 7 heteroatoms. The van der Waals surface area contributed by atoms with Crippen molar-refractivity contribution in [3.63, 3.8) is 0 Å². The summed E-state index contributed by atoms with van der Waals surface area (Å²) >= 11 is 7.86. The number of hydrogen-bond acceptors (Lipinski definition) is 5. The Morgan fingerprint density at radius 3 is 2.55 bits per heavy atom. The quantitative estimate of drug-likeness (QED) is 0.533. The summed E-state index contributed by atoms with van der Waals surface area (Å²) in [5.74, 6) is 0.684. The number of halogens is 1. The fraction of sp³-hybridized carbons (Fsp3) is 0.292. The van der Waals surface area contributed by atoms with Crippen LogP contribution in [0.5, 0.6) is 0 Å². The van der Waals surface area contributed by atoms with Gasteiger partial charge in [-0.05, 0) is 68.7 Å². The molecule has 1 fully saturated rings. The molecule has 1 atom stereocenters. The lowest BCUT2D eigenvalue weighted by molar-refractivity contribution is -0.120. The van der Waals surface area contributed by atoms with Crippen molar-refractivity contribution in [2.24, 2.45) is 5.92 Å². The Hall–Kier alpha value is -2.57. The maximum Gasteiger partial charge on any atom is 0.229 e. The Kier molecular flexibility index (Phi) is 6.78. The van der Waals surface area contributed by atoms with Crippen LogP contribution in [0.2, 0.25) is 5.02 Å². The zero-order valence-electron chi connectivity index (χ0n) is 17.6. The average Bonchev–Trinajstić information content (AvgIpc) is 2.78. The third kappa shape index (κ3) is 5.57. The Morgan fingerprint density at radius 1 is 1.06 bits per heavy atom. The Labute approximate surface area is 192 Å². The van der Waals surface area contributed by atoms with Crippen LogP contribution < -0.4 is 10.2 Å². The number of carbonyl (C=O) groups excluding carboxylic acids is 1.